The normalized spacial score (nSPS) is 15.2. The minimum absolute atomic E-state index is 0.0691. The molecule has 2 aliphatic carbocycles. The second-order valence-corrected chi connectivity index (χ2v) is 14.8. The quantitative estimate of drug-likeness (QED) is 0.0948. The number of amides is 1. The molecule has 2 saturated carbocycles. The van der Waals surface area contributed by atoms with E-state index in [9.17, 15) is 35.6 Å². The lowest BCUT2D eigenvalue weighted by atomic mass is 10.1. The van der Waals surface area contributed by atoms with Crippen molar-refractivity contribution >= 4 is 39.3 Å². The van der Waals surface area contributed by atoms with Gasteiger partial charge in [-0.2, -0.15) is 0 Å². The second kappa shape index (κ2) is 15.5. The Morgan fingerprint density at radius 2 is 1.29 bits per heavy atom. The minimum Gasteiger partial charge on any atom is -0.478 e. The van der Waals surface area contributed by atoms with Gasteiger partial charge in [-0.1, -0.05) is 29.8 Å². The summed E-state index contributed by atoms with van der Waals surface area (Å²) in [5.41, 5.74) is 3.46. The second-order valence-electron chi connectivity index (χ2n) is 12.8. The van der Waals surface area contributed by atoms with Gasteiger partial charge in [-0.15, -0.1) is 10.2 Å². The fraction of sp³-hybridized carbons (Fsp3) is 0.294. The Bertz CT molecular complexity index is 2300. The summed E-state index contributed by atoms with van der Waals surface area (Å²) in [7, 11) is -4.07. The number of nitrogens with two attached hydrogens (primary N) is 1. The average Bonchev–Trinajstić information content (AvgIpc) is 4.02. The van der Waals surface area contributed by atoms with Gasteiger partial charge in [0, 0.05) is 24.5 Å². The molecular weight excluding hydrogens is 776 g/mol. The molecular formula is C34H31ClF4N8O7S. The Hall–Kier alpha value is -5.76. The van der Waals surface area contributed by atoms with Crippen LogP contribution in [-0.2, 0) is 10.0 Å². The largest absolute Gasteiger partial charge is 0.478 e. The van der Waals surface area contributed by atoms with Crippen molar-refractivity contribution in [3.8, 4) is 23.4 Å². The Balaban J connectivity index is 0.000000197. The third-order valence-electron chi connectivity index (χ3n) is 8.82. The van der Waals surface area contributed by atoms with Crippen LogP contribution in [0.3, 0.4) is 0 Å². The SMILES string of the molecule is Nc1nc(-n2ccc(OCC3(C(F)F)CC3)n2)ccc1C(=O)NS(=O)(=O)c1ccccc1.O=C(O)c1ccc(-n2ccc(OCC3(C(F)F)CC3)n2)nc1Cl. The van der Waals surface area contributed by atoms with E-state index in [0.717, 1.165) is 0 Å². The predicted octanol–water partition coefficient (Wildman–Crippen LogP) is 5.44. The molecule has 0 radical (unpaired) electrons. The van der Waals surface area contributed by atoms with Crippen molar-refractivity contribution in [1.82, 2.24) is 34.3 Å². The monoisotopic (exact) mass is 806 g/mol. The van der Waals surface area contributed by atoms with Crippen LogP contribution in [0.25, 0.3) is 11.6 Å². The summed E-state index contributed by atoms with van der Waals surface area (Å²) < 4.78 is 91.6. The number of aromatic carboxylic acids is 1. The molecule has 5 aromatic rings. The zero-order valence-corrected chi connectivity index (χ0v) is 29.9. The van der Waals surface area contributed by atoms with Crippen molar-refractivity contribution in [1.29, 1.82) is 0 Å². The number of nitrogen functional groups attached to an aromatic ring is 1. The fourth-order valence-corrected chi connectivity index (χ4v) is 6.18. The minimum atomic E-state index is -4.07. The van der Waals surface area contributed by atoms with Crippen molar-refractivity contribution in [2.24, 2.45) is 10.8 Å². The van der Waals surface area contributed by atoms with E-state index >= 15 is 0 Å². The molecule has 21 heteroatoms. The third kappa shape index (κ3) is 8.97. The first-order valence-corrected chi connectivity index (χ1v) is 18.2. The molecule has 2 aliphatic rings. The number of hydrogen-bond acceptors (Lipinski definition) is 11. The number of halogens is 5. The number of nitrogens with one attached hydrogen (secondary N) is 1. The van der Waals surface area contributed by atoms with E-state index in [1.165, 1.54) is 82.4 Å². The summed E-state index contributed by atoms with van der Waals surface area (Å²) in [4.78, 5) is 31.3. The molecule has 1 aromatic carbocycles. The van der Waals surface area contributed by atoms with Gasteiger partial charge in [-0.3, -0.25) is 4.79 Å². The van der Waals surface area contributed by atoms with E-state index in [-0.39, 0.29) is 57.8 Å². The van der Waals surface area contributed by atoms with E-state index in [1.54, 1.807) is 6.07 Å². The number of ether oxygens (including phenoxy) is 2. The number of carboxylic acid groups (broad SMARTS) is 1. The van der Waals surface area contributed by atoms with Gasteiger partial charge in [0.25, 0.3) is 15.9 Å². The van der Waals surface area contributed by atoms with E-state index in [1.807, 2.05) is 4.72 Å². The molecule has 4 aromatic heterocycles. The number of alkyl halides is 4. The molecule has 4 N–H and O–H groups in total. The molecule has 0 aliphatic heterocycles. The van der Waals surface area contributed by atoms with Gasteiger partial charge in [0.05, 0.1) is 26.9 Å². The number of sulfonamides is 1. The highest BCUT2D eigenvalue weighted by Crippen LogP contribution is 2.51. The summed E-state index contributed by atoms with van der Waals surface area (Å²) in [5, 5.41) is 16.9. The molecule has 55 heavy (non-hydrogen) atoms. The lowest BCUT2D eigenvalue weighted by molar-refractivity contribution is 0.0300. The van der Waals surface area contributed by atoms with Gasteiger partial charge in [-0.05, 0) is 62.1 Å². The maximum absolute atomic E-state index is 13.0. The number of carboxylic acids is 1. The lowest BCUT2D eigenvalue weighted by Crippen LogP contribution is -2.31. The van der Waals surface area contributed by atoms with Crippen LogP contribution >= 0.6 is 11.6 Å². The number of aromatic nitrogens is 6. The highest BCUT2D eigenvalue weighted by atomic mass is 35.5. The number of pyridine rings is 2. The summed E-state index contributed by atoms with van der Waals surface area (Å²) in [6.45, 7) is -0.222. The summed E-state index contributed by atoms with van der Waals surface area (Å²) in [6, 6.07) is 15.9. The maximum Gasteiger partial charge on any atom is 0.338 e. The molecule has 2 fully saturated rings. The van der Waals surface area contributed by atoms with Crippen LogP contribution < -0.4 is 19.9 Å². The lowest BCUT2D eigenvalue weighted by Gasteiger charge is -2.13. The zero-order chi connectivity index (χ0) is 39.5. The molecule has 7 rings (SSSR count). The molecule has 0 spiro atoms. The number of rotatable bonds is 14. The topological polar surface area (TPSA) is 206 Å². The molecule has 0 atom stereocenters. The van der Waals surface area contributed by atoms with Crippen molar-refractivity contribution in [2.45, 2.75) is 43.4 Å². The standard InChI is InChI=1S/C20H19F2N5O4S.C14H12ClF2N3O3/c21-19(22)20(9-10-20)12-31-16-8-11-27(25-16)15-7-6-14(17(23)24-15)18(28)26-32(29,30)13-4-2-1-3-5-13;15-11-8(12(21)22)1-2-9(18-11)20-6-3-10(19-20)23-7-14(4-5-14)13(16)17/h1-8,11,19H,9-10,12H2,(H2,23,24)(H,26,28);1-3,6,13H,4-5,7H2,(H,21,22). The van der Waals surface area contributed by atoms with Crippen LogP contribution in [0.4, 0.5) is 23.4 Å². The van der Waals surface area contributed by atoms with Crippen molar-refractivity contribution < 1.29 is 50.1 Å². The summed E-state index contributed by atoms with van der Waals surface area (Å²) in [6.07, 6.45) is -0.128. The number of hydrogen-bond donors (Lipinski definition) is 3. The van der Waals surface area contributed by atoms with Gasteiger partial charge in [0.1, 0.15) is 24.2 Å². The van der Waals surface area contributed by atoms with Gasteiger partial charge >= 0.3 is 5.97 Å². The highest BCUT2D eigenvalue weighted by Gasteiger charge is 2.52. The first-order chi connectivity index (χ1) is 26.1. The zero-order valence-electron chi connectivity index (χ0n) is 28.4. The van der Waals surface area contributed by atoms with Gasteiger partial charge in [0.15, 0.2) is 11.6 Å². The molecule has 1 amide bonds. The fourth-order valence-electron chi connectivity index (χ4n) is 4.96. The average molecular weight is 807 g/mol. The van der Waals surface area contributed by atoms with Gasteiger partial charge in [0.2, 0.25) is 24.6 Å². The van der Waals surface area contributed by atoms with Crippen LogP contribution in [-0.4, -0.2) is 81.0 Å². The van der Waals surface area contributed by atoms with Crippen LogP contribution in [0.1, 0.15) is 46.4 Å². The van der Waals surface area contributed by atoms with E-state index < -0.39 is 45.6 Å². The Morgan fingerprint density at radius 1 is 0.800 bits per heavy atom. The van der Waals surface area contributed by atoms with Crippen molar-refractivity contribution in [3.63, 3.8) is 0 Å². The van der Waals surface area contributed by atoms with Crippen LogP contribution in [0.2, 0.25) is 5.15 Å². The first kappa shape index (κ1) is 38.9. The van der Waals surface area contributed by atoms with Crippen LogP contribution in [0.5, 0.6) is 11.8 Å². The predicted molar refractivity (Wildman–Crippen MR) is 187 cm³/mol. The van der Waals surface area contributed by atoms with Crippen molar-refractivity contribution in [2.75, 3.05) is 18.9 Å². The van der Waals surface area contributed by atoms with Crippen molar-refractivity contribution in [3.05, 3.63) is 95.4 Å². The Kier molecular flexibility index (Phi) is 11.0. The van der Waals surface area contributed by atoms with Gasteiger partial charge in [-0.25, -0.2) is 54.8 Å². The number of carbonyl (C=O) groups excluding carboxylic acids is 1. The maximum atomic E-state index is 13.0. The smallest absolute Gasteiger partial charge is 0.338 e. The molecule has 0 unspecified atom stereocenters. The third-order valence-corrected chi connectivity index (χ3v) is 10.5. The molecule has 15 nitrogen and oxygen atoms in total. The Morgan fingerprint density at radius 3 is 1.73 bits per heavy atom. The van der Waals surface area contributed by atoms with E-state index in [4.69, 9.17) is 31.9 Å². The summed E-state index contributed by atoms with van der Waals surface area (Å²) in [5.74, 6) is -1.46. The molecule has 0 saturated heterocycles. The number of nitrogens with zero attached hydrogens (tertiary/aromatic N) is 6. The molecule has 0 bridgehead atoms. The van der Waals surface area contributed by atoms with Crippen LogP contribution in [0, 0.1) is 10.8 Å². The molecule has 290 valence electrons. The number of benzene rings is 1. The Labute approximate surface area is 315 Å². The highest BCUT2D eigenvalue weighted by molar-refractivity contribution is 7.90. The molecule has 4 heterocycles. The van der Waals surface area contributed by atoms with E-state index in [2.05, 4.69) is 20.2 Å². The van der Waals surface area contributed by atoms with Gasteiger partial charge < -0.3 is 20.3 Å². The summed E-state index contributed by atoms with van der Waals surface area (Å²) >= 11 is 5.80. The number of anilines is 1. The van der Waals surface area contributed by atoms with E-state index in [0.29, 0.717) is 31.5 Å². The van der Waals surface area contributed by atoms with Crippen LogP contribution in [0.15, 0.2) is 84.0 Å². The first-order valence-electron chi connectivity index (χ1n) is 16.3. The number of carbonyl (C=O) groups is 2.